The molecule has 0 N–H and O–H groups in total. The van der Waals surface area contributed by atoms with Crippen LogP contribution in [0.15, 0.2) is 12.2 Å². The summed E-state index contributed by atoms with van der Waals surface area (Å²) in [5.74, 6) is -0.883. The number of allylic oxidation sites excluding steroid dienone is 2. The first-order valence-electron chi connectivity index (χ1n) is 23.2. The number of hydrogen-bond acceptors (Lipinski definition) is 6. The molecular formula is C47H88O6. The van der Waals surface area contributed by atoms with E-state index in [9.17, 15) is 14.4 Å². The molecule has 0 aliphatic heterocycles. The smallest absolute Gasteiger partial charge is 0.306 e. The molecule has 0 aromatic heterocycles. The maximum absolute atomic E-state index is 12.7. The van der Waals surface area contributed by atoms with Crippen LogP contribution in [0.25, 0.3) is 0 Å². The van der Waals surface area contributed by atoms with Gasteiger partial charge in [0.25, 0.3) is 0 Å². The standard InChI is InChI=1S/C47H88O6/c1-4-7-10-13-15-17-19-21-23-25-27-29-31-34-37-40-46(49)52-43-44(42-51-45(48)39-36-33-12-9-6-3)53-47(50)41-38-35-32-30-28-26-24-22-20-18-16-14-11-8-5-2/h21,23,44H,4-20,22,24-43H2,1-3H3/b23-21-. The van der Waals surface area contributed by atoms with Crippen LogP contribution in [0.4, 0.5) is 0 Å². The second-order valence-electron chi connectivity index (χ2n) is 15.7. The molecule has 0 bridgehead atoms. The van der Waals surface area contributed by atoms with Gasteiger partial charge in [0.05, 0.1) is 0 Å². The average molecular weight is 749 g/mol. The van der Waals surface area contributed by atoms with E-state index in [2.05, 4.69) is 32.9 Å². The van der Waals surface area contributed by atoms with Gasteiger partial charge in [-0.1, -0.05) is 200 Å². The zero-order valence-electron chi connectivity index (χ0n) is 35.6. The Morgan fingerprint density at radius 1 is 0.358 bits per heavy atom. The molecule has 0 saturated carbocycles. The molecule has 0 aromatic carbocycles. The fourth-order valence-corrected chi connectivity index (χ4v) is 6.73. The fraction of sp³-hybridized carbons (Fsp3) is 0.894. The van der Waals surface area contributed by atoms with Gasteiger partial charge in [-0.15, -0.1) is 0 Å². The van der Waals surface area contributed by atoms with Crippen molar-refractivity contribution in [2.24, 2.45) is 0 Å². The fourth-order valence-electron chi connectivity index (χ4n) is 6.73. The lowest BCUT2D eigenvalue weighted by atomic mass is 10.0. The number of esters is 3. The normalized spacial score (nSPS) is 12.0. The Morgan fingerprint density at radius 3 is 0.943 bits per heavy atom. The van der Waals surface area contributed by atoms with Crippen LogP contribution in [-0.2, 0) is 28.6 Å². The van der Waals surface area contributed by atoms with E-state index in [-0.39, 0.29) is 31.1 Å². The lowest BCUT2D eigenvalue weighted by molar-refractivity contribution is -0.167. The first-order chi connectivity index (χ1) is 26.0. The number of ether oxygens (including phenoxy) is 3. The van der Waals surface area contributed by atoms with E-state index in [0.29, 0.717) is 19.3 Å². The molecular weight excluding hydrogens is 661 g/mol. The summed E-state index contributed by atoms with van der Waals surface area (Å²) in [6.07, 6.45) is 45.1. The number of carbonyl (C=O) groups excluding carboxylic acids is 3. The highest BCUT2D eigenvalue weighted by Crippen LogP contribution is 2.15. The summed E-state index contributed by atoms with van der Waals surface area (Å²) < 4.78 is 16.6. The molecule has 312 valence electrons. The van der Waals surface area contributed by atoms with E-state index in [1.165, 1.54) is 141 Å². The van der Waals surface area contributed by atoms with Crippen LogP contribution in [0.1, 0.15) is 252 Å². The Balaban J connectivity index is 4.19. The van der Waals surface area contributed by atoms with Gasteiger partial charge in [0.15, 0.2) is 6.10 Å². The largest absolute Gasteiger partial charge is 0.462 e. The van der Waals surface area contributed by atoms with E-state index in [0.717, 1.165) is 70.6 Å². The maximum atomic E-state index is 12.7. The van der Waals surface area contributed by atoms with Crippen LogP contribution in [-0.4, -0.2) is 37.2 Å². The first kappa shape index (κ1) is 51.1. The monoisotopic (exact) mass is 749 g/mol. The summed E-state index contributed by atoms with van der Waals surface area (Å²) in [6.45, 7) is 6.56. The summed E-state index contributed by atoms with van der Waals surface area (Å²) >= 11 is 0. The van der Waals surface area contributed by atoms with Gasteiger partial charge in [-0.3, -0.25) is 14.4 Å². The van der Waals surface area contributed by atoms with Crippen LogP contribution in [0.5, 0.6) is 0 Å². The summed E-state index contributed by atoms with van der Waals surface area (Å²) in [5, 5.41) is 0. The molecule has 0 saturated heterocycles. The van der Waals surface area contributed by atoms with Gasteiger partial charge in [-0.25, -0.2) is 0 Å². The van der Waals surface area contributed by atoms with Gasteiger partial charge in [-0.2, -0.15) is 0 Å². The van der Waals surface area contributed by atoms with Gasteiger partial charge in [0, 0.05) is 19.3 Å². The van der Waals surface area contributed by atoms with Gasteiger partial charge in [-0.05, 0) is 44.9 Å². The third kappa shape index (κ3) is 41.2. The van der Waals surface area contributed by atoms with Crippen molar-refractivity contribution in [3.8, 4) is 0 Å². The number of carbonyl (C=O) groups is 3. The SMILES string of the molecule is CCCCCCCC/C=C\CCCCCCCC(=O)OCC(COC(=O)CCCCCCC)OC(=O)CCCCCCCCCCCCCCCCC. The lowest BCUT2D eigenvalue weighted by Crippen LogP contribution is -2.30. The van der Waals surface area contributed by atoms with Crippen LogP contribution < -0.4 is 0 Å². The molecule has 1 atom stereocenters. The molecule has 1 unspecified atom stereocenters. The molecule has 53 heavy (non-hydrogen) atoms. The van der Waals surface area contributed by atoms with Crippen LogP contribution in [0.3, 0.4) is 0 Å². The first-order valence-corrected chi connectivity index (χ1v) is 23.2. The van der Waals surface area contributed by atoms with Crippen LogP contribution in [0.2, 0.25) is 0 Å². The molecule has 0 amide bonds. The minimum absolute atomic E-state index is 0.0704. The van der Waals surface area contributed by atoms with Crippen LogP contribution in [0, 0.1) is 0 Å². The highest BCUT2D eigenvalue weighted by Gasteiger charge is 2.19. The van der Waals surface area contributed by atoms with E-state index in [1.54, 1.807) is 0 Å². The molecule has 0 aromatic rings. The van der Waals surface area contributed by atoms with Gasteiger partial charge >= 0.3 is 17.9 Å². The summed E-state index contributed by atoms with van der Waals surface area (Å²) in [5.41, 5.74) is 0. The zero-order valence-corrected chi connectivity index (χ0v) is 35.6. The van der Waals surface area contributed by atoms with Crippen molar-refractivity contribution in [3.05, 3.63) is 12.2 Å². The summed E-state index contributed by atoms with van der Waals surface area (Å²) in [6, 6.07) is 0. The van der Waals surface area contributed by atoms with Crippen molar-refractivity contribution < 1.29 is 28.6 Å². The zero-order chi connectivity index (χ0) is 38.7. The number of hydrogen-bond donors (Lipinski definition) is 0. The van der Waals surface area contributed by atoms with Crippen molar-refractivity contribution in [3.63, 3.8) is 0 Å². The minimum atomic E-state index is -0.763. The Kier molecular flexibility index (Phi) is 41.4. The van der Waals surface area contributed by atoms with Crippen molar-refractivity contribution in [1.29, 1.82) is 0 Å². The van der Waals surface area contributed by atoms with Crippen molar-refractivity contribution in [2.45, 2.75) is 258 Å². The quantitative estimate of drug-likeness (QED) is 0.0268. The molecule has 6 heteroatoms. The molecule has 0 heterocycles. The summed E-state index contributed by atoms with van der Waals surface area (Å²) in [4.78, 5) is 37.5. The Morgan fingerprint density at radius 2 is 0.623 bits per heavy atom. The second kappa shape index (κ2) is 42.9. The number of unbranched alkanes of at least 4 members (excludes halogenated alkanes) is 29. The highest BCUT2D eigenvalue weighted by atomic mass is 16.6. The summed E-state index contributed by atoms with van der Waals surface area (Å²) in [7, 11) is 0. The van der Waals surface area contributed by atoms with E-state index in [4.69, 9.17) is 14.2 Å². The highest BCUT2D eigenvalue weighted by molar-refractivity contribution is 5.71. The third-order valence-corrected chi connectivity index (χ3v) is 10.3. The lowest BCUT2D eigenvalue weighted by Gasteiger charge is -2.18. The van der Waals surface area contributed by atoms with Crippen molar-refractivity contribution in [1.82, 2.24) is 0 Å². The molecule has 0 aliphatic carbocycles. The Hall–Kier alpha value is -1.85. The molecule has 0 radical (unpaired) electrons. The maximum Gasteiger partial charge on any atom is 0.306 e. The van der Waals surface area contributed by atoms with Crippen molar-refractivity contribution in [2.75, 3.05) is 13.2 Å². The predicted octanol–water partition coefficient (Wildman–Crippen LogP) is 14.6. The van der Waals surface area contributed by atoms with Crippen molar-refractivity contribution >= 4 is 17.9 Å². The number of rotatable bonds is 42. The molecule has 0 spiro atoms. The second-order valence-corrected chi connectivity index (χ2v) is 15.7. The van der Waals surface area contributed by atoms with E-state index in [1.807, 2.05) is 0 Å². The minimum Gasteiger partial charge on any atom is -0.462 e. The Bertz CT molecular complexity index is 824. The van der Waals surface area contributed by atoms with Gasteiger partial charge in [0.1, 0.15) is 13.2 Å². The molecule has 0 fully saturated rings. The van der Waals surface area contributed by atoms with E-state index >= 15 is 0 Å². The molecule has 0 rings (SSSR count). The van der Waals surface area contributed by atoms with Crippen LogP contribution >= 0.6 is 0 Å². The predicted molar refractivity (Wildman–Crippen MR) is 224 cm³/mol. The third-order valence-electron chi connectivity index (χ3n) is 10.3. The molecule has 0 aliphatic rings. The Labute approximate surface area is 329 Å². The topological polar surface area (TPSA) is 78.9 Å². The van der Waals surface area contributed by atoms with Gasteiger partial charge in [0.2, 0.25) is 0 Å². The average Bonchev–Trinajstić information content (AvgIpc) is 3.15. The van der Waals surface area contributed by atoms with E-state index < -0.39 is 6.10 Å². The molecule has 6 nitrogen and oxygen atoms in total. The van der Waals surface area contributed by atoms with Gasteiger partial charge < -0.3 is 14.2 Å².